The Morgan fingerprint density at radius 3 is 2.19 bits per heavy atom. The molecular weight excluding hydrogens is 326 g/mol. The molecule has 0 fully saturated rings. The van der Waals surface area contributed by atoms with E-state index >= 15 is 0 Å². The van der Waals surface area contributed by atoms with E-state index in [1.807, 2.05) is 36.4 Å². The summed E-state index contributed by atoms with van der Waals surface area (Å²) in [5, 5.41) is 6.45. The van der Waals surface area contributed by atoms with E-state index in [4.69, 9.17) is 10.5 Å². The molecule has 6 heteroatoms. The normalized spacial score (nSPS) is 10.6. The lowest BCUT2D eigenvalue weighted by Gasteiger charge is -2.13. The number of ether oxygens (including phenoxy) is 1. The van der Waals surface area contributed by atoms with Crippen molar-refractivity contribution in [3.05, 3.63) is 60.4 Å². The van der Waals surface area contributed by atoms with E-state index in [0.29, 0.717) is 23.2 Å². The molecule has 6 nitrogen and oxygen atoms in total. The van der Waals surface area contributed by atoms with Crippen molar-refractivity contribution in [2.45, 2.75) is 19.8 Å². The molecule has 2 aromatic carbocycles. The lowest BCUT2D eigenvalue weighted by molar-refractivity contribution is 0.415. The number of nitrogens with zero attached hydrogens (tertiary/aromatic N) is 2. The Bertz CT molecular complexity index is 878. The lowest BCUT2D eigenvalue weighted by atomic mass is 10.0. The topological polar surface area (TPSA) is 85.1 Å². The molecule has 134 valence electrons. The third-order valence-corrected chi connectivity index (χ3v) is 4.06. The van der Waals surface area contributed by atoms with E-state index in [1.165, 1.54) is 11.9 Å². The van der Waals surface area contributed by atoms with Crippen molar-refractivity contribution in [2.24, 2.45) is 0 Å². The Hall–Kier alpha value is -3.28. The minimum Gasteiger partial charge on any atom is -0.497 e. The summed E-state index contributed by atoms with van der Waals surface area (Å²) < 4.78 is 5.24. The highest BCUT2D eigenvalue weighted by Crippen LogP contribution is 2.29. The number of aromatic nitrogens is 2. The van der Waals surface area contributed by atoms with Crippen LogP contribution in [0.2, 0.25) is 0 Å². The summed E-state index contributed by atoms with van der Waals surface area (Å²) >= 11 is 0. The van der Waals surface area contributed by atoms with Crippen LogP contribution in [0, 0.1) is 0 Å². The van der Waals surface area contributed by atoms with Gasteiger partial charge in [-0.1, -0.05) is 32.0 Å². The maximum atomic E-state index is 6.25. The number of benzene rings is 2. The highest BCUT2D eigenvalue weighted by atomic mass is 16.5. The number of nitrogen functional groups attached to an aromatic ring is 1. The molecule has 0 saturated heterocycles. The fourth-order valence-corrected chi connectivity index (χ4v) is 2.52. The second kappa shape index (κ2) is 7.74. The molecule has 0 aliphatic heterocycles. The van der Waals surface area contributed by atoms with Crippen molar-refractivity contribution in [1.29, 1.82) is 0 Å². The third kappa shape index (κ3) is 4.03. The molecule has 0 amide bonds. The highest BCUT2D eigenvalue weighted by molar-refractivity contribution is 5.80. The van der Waals surface area contributed by atoms with E-state index in [-0.39, 0.29) is 0 Å². The molecule has 26 heavy (non-hydrogen) atoms. The molecule has 4 N–H and O–H groups in total. The number of methoxy groups -OCH3 is 1. The maximum absolute atomic E-state index is 6.25. The van der Waals surface area contributed by atoms with Crippen LogP contribution < -0.4 is 21.1 Å². The first kappa shape index (κ1) is 17.5. The summed E-state index contributed by atoms with van der Waals surface area (Å²) in [5.74, 6) is 2.34. The fourth-order valence-electron chi connectivity index (χ4n) is 2.52. The van der Waals surface area contributed by atoms with Gasteiger partial charge in [0.1, 0.15) is 17.8 Å². The van der Waals surface area contributed by atoms with Crippen molar-refractivity contribution >= 4 is 28.7 Å². The minimum absolute atomic E-state index is 0.447. The van der Waals surface area contributed by atoms with Crippen LogP contribution in [0.1, 0.15) is 25.3 Å². The van der Waals surface area contributed by atoms with Gasteiger partial charge in [0.15, 0.2) is 11.6 Å². The average Bonchev–Trinajstić information content (AvgIpc) is 2.65. The largest absolute Gasteiger partial charge is 0.497 e. The van der Waals surface area contributed by atoms with Crippen molar-refractivity contribution in [3.8, 4) is 5.75 Å². The first-order valence-corrected chi connectivity index (χ1v) is 8.45. The molecule has 3 rings (SSSR count). The molecule has 0 atom stereocenters. The Balaban J connectivity index is 1.80. The van der Waals surface area contributed by atoms with Crippen LogP contribution in [0.15, 0.2) is 54.9 Å². The molecule has 0 radical (unpaired) electrons. The number of nitrogens with one attached hydrogen (secondary N) is 2. The van der Waals surface area contributed by atoms with Crippen LogP contribution >= 0.6 is 0 Å². The predicted molar refractivity (Wildman–Crippen MR) is 107 cm³/mol. The summed E-state index contributed by atoms with van der Waals surface area (Å²) in [6, 6.07) is 15.8. The van der Waals surface area contributed by atoms with Gasteiger partial charge in [0.2, 0.25) is 0 Å². The molecule has 0 unspecified atom stereocenters. The second-order valence-corrected chi connectivity index (χ2v) is 6.24. The molecule has 1 aromatic heterocycles. The fraction of sp³-hybridized carbons (Fsp3) is 0.200. The van der Waals surface area contributed by atoms with Gasteiger partial charge in [-0.3, -0.25) is 0 Å². The molecule has 3 aromatic rings. The first-order valence-electron chi connectivity index (χ1n) is 8.45. The minimum atomic E-state index is 0.447. The smallest absolute Gasteiger partial charge is 0.159 e. The van der Waals surface area contributed by atoms with Gasteiger partial charge in [-0.2, -0.15) is 0 Å². The lowest BCUT2D eigenvalue weighted by Crippen LogP contribution is -2.05. The van der Waals surface area contributed by atoms with Crippen molar-refractivity contribution in [3.63, 3.8) is 0 Å². The SMILES string of the molecule is COc1cccc(Nc2ncnc(Nc3ccc(C(C)C)cc3)c2N)c1. The quantitative estimate of drug-likeness (QED) is 0.599. The number of nitrogens with two attached hydrogens (primary N) is 1. The van der Waals surface area contributed by atoms with Gasteiger partial charge in [0.25, 0.3) is 0 Å². The van der Waals surface area contributed by atoms with Crippen LogP contribution in [-0.4, -0.2) is 17.1 Å². The van der Waals surface area contributed by atoms with E-state index in [1.54, 1.807) is 7.11 Å². The Morgan fingerprint density at radius 2 is 1.58 bits per heavy atom. The zero-order chi connectivity index (χ0) is 18.5. The summed E-state index contributed by atoms with van der Waals surface area (Å²) in [5.41, 5.74) is 9.74. The molecular formula is C20H23N5O. The van der Waals surface area contributed by atoms with Gasteiger partial charge >= 0.3 is 0 Å². The Labute approximate surface area is 153 Å². The summed E-state index contributed by atoms with van der Waals surface area (Å²) in [6.07, 6.45) is 1.48. The first-order chi connectivity index (χ1) is 12.6. The van der Waals surface area contributed by atoms with Gasteiger partial charge in [0.05, 0.1) is 7.11 Å². The number of rotatable bonds is 6. The highest BCUT2D eigenvalue weighted by Gasteiger charge is 2.09. The molecule has 0 bridgehead atoms. The van der Waals surface area contributed by atoms with Gasteiger partial charge in [-0.25, -0.2) is 9.97 Å². The zero-order valence-corrected chi connectivity index (χ0v) is 15.2. The van der Waals surface area contributed by atoms with Gasteiger partial charge in [0, 0.05) is 17.4 Å². The Morgan fingerprint density at radius 1 is 0.923 bits per heavy atom. The van der Waals surface area contributed by atoms with E-state index < -0.39 is 0 Å². The summed E-state index contributed by atoms with van der Waals surface area (Å²) in [7, 11) is 1.63. The van der Waals surface area contributed by atoms with E-state index in [0.717, 1.165) is 17.1 Å². The average molecular weight is 349 g/mol. The summed E-state index contributed by atoms with van der Waals surface area (Å²) in [4.78, 5) is 8.50. The zero-order valence-electron chi connectivity index (χ0n) is 15.2. The molecule has 1 heterocycles. The van der Waals surface area contributed by atoms with Crippen molar-refractivity contribution < 1.29 is 4.74 Å². The standard InChI is InChI=1S/C20H23N5O/c1-13(2)14-7-9-15(10-8-14)24-19-18(21)20(23-12-22-19)25-16-5-4-6-17(11-16)26-3/h4-13H,21H2,1-3H3,(H2,22,23,24,25). The maximum Gasteiger partial charge on any atom is 0.159 e. The molecule has 0 aliphatic carbocycles. The Kier molecular flexibility index (Phi) is 5.22. The van der Waals surface area contributed by atoms with Gasteiger partial charge in [-0.15, -0.1) is 0 Å². The monoisotopic (exact) mass is 349 g/mol. The van der Waals surface area contributed by atoms with Crippen molar-refractivity contribution in [2.75, 3.05) is 23.5 Å². The van der Waals surface area contributed by atoms with Crippen LogP contribution in [0.5, 0.6) is 5.75 Å². The predicted octanol–water partition coefficient (Wildman–Crippen LogP) is 4.68. The van der Waals surface area contributed by atoms with Crippen LogP contribution in [0.3, 0.4) is 0 Å². The molecule has 0 saturated carbocycles. The van der Waals surface area contributed by atoms with Gasteiger partial charge in [-0.05, 0) is 35.7 Å². The number of anilines is 5. The number of hydrogen-bond acceptors (Lipinski definition) is 6. The van der Waals surface area contributed by atoms with E-state index in [9.17, 15) is 0 Å². The number of hydrogen-bond donors (Lipinski definition) is 3. The second-order valence-electron chi connectivity index (χ2n) is 6.24. The van der Waals surface area contributed by atoms with Crippen LogP contribution in [-0.2, 0) is 0 Å². The molecule has 0 spiro atoms. The van der Waals surface area contributed by atoms with Gasteiger partial charge < -0.3 is 21.1 Å². The molecule has 0 aliphatic rings. The van der Waals surface area contributed by atoms with Crippen LogP contribution in [0.25, 0.3) is 0 Å². The summed E-state index contributed by atoms with van der Waals surface area (Å²) in [6.45, 7) is 4.34. The third-order valence-electron chi connectivity index (χ3n) is 4.06. The van der Waals surface area contributed by atoms with Crippen LogP contribution in [0.4, 0.5) is 28.7 Å². The van der Waals surface area contributed by atoms with Crippen molar-refractivity contribution in [1.82, 2.24) is 9.97 Å². The van der Waals surface area contributed by atoms with E-state index in [2.05, 4.69) is 46.6 Å².